The summed E-state index contributed by atoms with van der Waals surface area (Å²) in [5.74, 6) is 0.133. The van der Waals surface area contributed by atoms with Crippen molar-refractivity contribution in [3.8, 4) is 0 Å². The largest absolute Gasteiger partial charge is 0.351 e. The predicted molar refractivity (Wildman–Crippen MR) is 121 cm³/mol. The highest BCUT2D eigenvalue weighted by molar-refractivity contribution is 7.89. The van der Waals surface area contributed by atoms with Crippen molar-refractivity contribution in [1.82, 2.24) is 18.7 Å². The number of aromatic nitrogens is 1. The molecular weight excluding hydrogens is 436 g/mol. The molecule has 0 saturated carbocycles. The minimum atomic E-state index is -3.64. The zero-order valence-corrected chi connectivity index (χ0v) is 19.1. The molecule has 2 aliphatic rings. The Morgan fingerprint density at radius 2 is 1.65 bits per heavy atom. The third-order valence-electron chi connectivity index (χ3n) is 6.23. The van der Waals surface area contributed by atoms with Crippen LogP contribution in [0.15, 0.2) is 53.7 Å². The number of piperidine rings is 1. The van der Waals surface area contributed by atoms with Gasteiger partial charge in [-0.25, -0.2) is 8.42 Å². The molecule has 0 spiro atoms. The molecule has 7 nitrogen and oxygen atoms in total. The molecule has 0 unspecified atom stereocenters. The summed E-state index contributed by atoms with van der Waals surface area (Å²) >= 11 is 6.13. The first-order valence-electron chi connectivity index (χ1n) is 10.8. The second-order valence-corrected chi connectivity index (χ2v) is 10.5. The van der Waals surface area contributed by atoms with E-state index in [0.29, 0.717) is 45.2 Å². The van der Waals surface area contributed by atoms with Crippen LogP contribution >= 0.6 is 11.6 Å². The van der Waals surface area contributed by atoms with Crippen LogP contribution in [0.5, 0.6) is 0 Å². The van der Waals surface area contributed by atoms with Gasteiger partial charge in [0.25, 0.3) is 0 Å². The molecule has 4 rings (SSSR count). The molecule has 0 N–H and O–H groups in total. The first kappa shape index (κ1) is 22.3. The normalized spacial score (nSPS) is 20.0. The van der Waals surface area contributed by atoms with Gasteiger partial charge in [-0.1, -0.05) is 23.7 Å². The van der Waals surface area contributed by atoms with Gasteiger partial charge in [0.1, 0.15) is 4.90 Å². The molecule has 2 aromatic rings. The summed E-state index contributed by atoms with van der Waals surface area (Å²) in [4.78, 5) is 17.0. The van der Waals surface area contributed by atoms with Gasteiger partial charge in [0.15, 0.2) is 0 Å². The first-order chi connectivity index (χ1) is 14.9. The predicted octanol–water partition coefficient (Wildman–Crippen LogP) is 2.70. The molecule has 0 bridgehead atoms. The number of carbonyl (C=O) groups is 1. The van der Waals surface area contributed by atoms with E-state index in [1.165, 1.54) is 4.31 Å². The zero-order valence-electron chi connectivity index (χ0n) is 17.6. The van der Waals surface area contributed by atoms with Crippen molar-refractivity contribution < 1.29 is 13.2 Å². The van der Waals surface area contributed by atoms with Gasteiger partial charge in [0.2, 0.25) is 15.9 Å². The number of rotatable bonds is 5. The number of carbonyl (C=O) groups excluding carboxylic acids is 1. The fourth-order valence-corrected chi connectivity index (χ4v) is 6.40. The summed E-state index contributed by atoms with van der Waals surface area (Å²) in [5, 5.41) is 0.238. The van der Waals surface area contributed by atoms with Gasteiger partial charge in [0, 0.05) is 51.2 Å². The zero-order chi connectivity index (χ0) is 21.8. The highest BCUT2D eigenvalue weighted by Gasteiger charge is 2.30. The van der Waals surface area contributed by atoms with Gasteiger partial charge in [-0.15, -0.1) is 0 Å². The Morgan fingerprint density at radius 3 is 2.35 bits per heavy atom. The minimum absolute atomic E-state index is 0.133. The maximum Gasteiger partial charge on any atom is 0.244 e. The smallest absolute Gasteiger partial charge is 0.244 e. The van der Waals surface area contributed by atoms with E-state index in [1.54, 1.807) is 24.3 Å². The quantitative estimate of drug-likeness (QED) is 0.682. The molecule has 31 heavy (non-hydrogen) atoms. The number of sulfonamides is 1. The number of nitrogens with zero attached hydrogens (tertiary/aromatic N) is 4. The Morgan fingerprint density at radius 1 is 0.935 bits per heavy atom. The fourth-order valence-electron chi connectivity index (χ4n) is 4.43. The molecule has 0 aliphatic carbocycles. The number of halogens is 1. The Kier molecular flexibility index (Phi) is 7.01. The summed E-state index contributed by atoms with van der Waals surface area (Å²) in [6, 6.07) is 11.1. The lowest BCUT2D eigenvalue weighted by atomic mass is 10.0. The molecule has 1 aromatic carbocycles. The fraction of sp³-hybridized carbons (Fsp3) is 0.500. The van der Waals surface area contributed by atoms with Crippen LogP contribution in [0.4, 0.5) is 0 Å². The van der Waals surface area contributed by atoms with Crippen molar-refractivity contribution in [2.45, 2.75) is 30.2 Å². The summed E-state index contributed by atoms with van der Waals surface area (Å²) in [6.45, 7) is 3.91. The molecule has 1 amide bonds. The van der Waals surface area contributed by atoms with Crippen LogP contribution < -0.4 is 0 Å². The third kappa shape index (κ3) is 5.14. The highest BCUT2D eigenvalue weighted by Crippen LogP contribution is 2.25. The van der Waals surface area contributed by atoms with Gasteiger partial charge in [-0.05, 0) is 50.1 Å². The van der Waals surface area contributed by atoms with E-state index in [9.17, 15) is 13.2 Å². The third-order valence-corrected chi connectivity index (χ3v) is 8.63. The van der Waals surface area contributed by atoms with E-state index in [-0.39, 0.29) is 15.8 Å². The number of benzene rings is 1. The molecule has 0 atom stereocenters. The van der Waals surface area contributed by atoms with Crippen molar-refractivity contribution >= 4 is 27.5 Å². The SMILES string of the molecule is O=C(CN1CCCN(S(=O)(=O)c2ccccc2Cl)CC1)N1CCC(n2cccc2)CC1. The van der Waals surface area contributed by atoms with Gasteiger partial charge < -0.3 is 9.47 Å². The van der Waals surface area contributed by atoms with Crippen molar-refractivity contribution in [3.63, 3.8) is 0 Å². The second kappa shape index (κ2) is 9.73. The molecule has 9 heteroatoms. The molecule has 2 fully saturated rings. The van der Waals surface area contributed by atoms with Crippen LogP contribution in [0.1, 0.15) is 25.3 Å². The average Bonchev–Trinajstić information content (AvgIpc) is 3.20. The second-order valence-electron chi connectivity index (χ2n) is 8.21. The van der Waals surface area contributed by atoms with Crippen molar-refractivity contribution in [3.05, 3.63) is 53.8 Å². The van der Waals surface area contributed by atoms with E-state index in [1.807, 2.05) is 17.0 Å². The summed E-state index contributed by atoms with van der Waals surface area (Å²) in [6.07, 6.45) is 6.78. The Hall–Kier alpha value is -1.87. The van der Waals surface area contributed by atoms with E-state index in [4.69, 9.17) is 11.6 Å². The van der Waals surface area contributed by atoms with Crippen LogP contribution in [0, 0.1) is 0 Å². The standard InChI is InChI=1S/C22H29ClN4O3S/c23-20-6-1-2-7-21(20)31(29,30)27-13-5-10-24(16-17-27)18-22(28)26-14-8-19(9-15-26)25-11-3-4-12-25/h1-4,6-7,11-12,19H,5,8-10,13-18H2. The first-order valence-corrected chi connectivity index (χ1v) is 12.6. The van der Waals surface area contributed by atoms with Gasteiger partial charge in [0.05, 0.1) is 11.6 Å². The van der Waals surface area contributed by atoms with Crippen LogP contribution in [0.25, 0.3) is 0 Å². The lowest BCUT2D eigenvalue weighted by molar-refractivity contribution is -0.133. The maximum atomic E-state index is 13.0. The molecular formula is C22H29ClN4O3S. The molecule has 3 heterocycles. The van der Waals surface area contributed by atoms with E-state index < -0.39 is 10.0 Å². The van der Waals surface area contributed by atoms with Crippen molar-refractivity contribution in [2.75, 3.05) is 45.8 Å². The number of hydrogen-bond donors (Lipinski definition) is 0. The van der Waals surface area contributed by atoms with E-state index in [0.717, 1.165) is 25.9 Å². The Bertz CT molecular complexity index is 988. The lowest BCUT2D eigenvalue weighted by Gasteiger charge is -2.34. The average molecular weight is 465 g/mol. The topological polar surface area (TPSA) is 65.9 Å². The van der Waals surface area contributed by atoms with Crippen molar-refractivity contribution in [1.29, 1.82) is 0 Å². The Labute approximate surface area is 189 Å². The van der Waals surface area contributed by atoms with Crippen LogP contribution in [0.3, 0.4) is 0 Å². The monoisotopic (exact) mass is 464 g/mol. The molecule has 1 aromatic heterocycles. The van der Waals surface area contributed by atoms with Crippen LogP contribution in [-0.2, 0) is 14.8 Å². The summed E-state index contributed by atoms with van der Waals surface area (Å²) < 4.78 is 29.7. The Balaban J connectivity index is 1.30. The summed E-state index contributed by atoms with van der Waals surface area (Å²) in [7, 11) is -3.64. The number of hydrogen-bond acceptors (Lipinski definition) is 4. The van der Waals surface area contributed by atoms with Crippen LogP contribution in [-0.4, -0.2) is 78.8 Å². The lowest BCUT2D eigenvalue weighted by Crippen LogP contribution is -2.45. The molecule has 168 valence electrons. The van der Waals surface area contributed by atoms with Gasteiger partial charge >= 0.3 is 0 Å². The van der Waals surface area contributed by atoms with Crippen LogP contribution in [0.2, 0.25) is 5.02 Å². The highest BCUT2D eigenvalue weighted by atomic mass is 35.5. The number of amides is 1. The van der Waals surface area contributed by atoms with Gasteiger partial charge in [-0.3, -0.25) is 9.69 Å². The molecule has 2 aliphatic heterocycles. The summed E-state index contributed by atoms with van der Waals surface area (Å²) in [5.41, 5.74) is 0. The molecule has 0 radical (unpaired) electrons. The molecule has 2 saturated heterocycles. The van der Waals surface area contributed by atoms with E-state index in [2.05, 4.69) is 21.9 Å². The van der Waals surface area contributed by atoms with Gasteiger partial charge in [-0.2, -0.15) is 4.31 Å². The van der Waals surface area contributed by atoms with Crippen molar-refractivity contribution in [2.24, 2.45) is 0 Å². The van der Waals surface area contributed by atoms with E-state index >= 15 is 0 Å². The number of likely N-dealkylation sites (tertiary alicyclic amines) is 1. The maximum absolute atomic E-state index is 13.0. The minimum Gasteiger partial charge on any atom is -0.351 e.